The fraction of sp³-hybridized carbons (Fsp3) is 0.900. The first-order valence-corrected chi connectivity index (χ1v) is 5.48. The van der Waals surface area contributed by atoms with E-state index in [1.165, 1.54) is 0 Å². The minimum atomic E-state index is -0.122. The average molecular weight is 198 g/mol. The van der Waals surface area contributed by atoms with Gasteiger partial charge in [0.05, 0.1) is 6.61 Å². The van der Waals surface area contributed by atoms with Gasteiger partial charge in [0, 0.05) is 18.6 Å². The molecule has 2 aliphatic rings. The van der Waals surface area contributed by atoms with E-state index in [9.17, 15) is 4.79 Å². The zero-order valence-corrected chi connectivity index (χ0v) is 8.66. The zero-order valence-electron chi connectivity index (χ0n) is 8.66. The Balaban J connectivity index is 2.05. The van der Waals surface area contributed by atoms with Gasteiger partial charge >= 0.3 is 6.09 Å². The van der Waals surface area contributed by atoms with Crippen molar-refractivity contribution < 1.29 is 9.53 Å². The molecule has 0 spiro atoms. The molecule has 0 saturated carbocycles. The Morgan fingerprint density at radius 1 is 1.43 bits per heavy atom. The standard InChI is InChI=1S/C10H18N2O2/c1-2-14-10(13)12-8-3-4-9(12)7-11-6-5-8/h8-9,11H,2-7H2,1H3. The highest BCUT2D eigenvalue weighted by Gasteiger charge is 2.38. The average Bonchev–Trinajstić information content (AvgIpc) is 2.40. The number of carbonyl (C=O) groups is 1. The molecule has 2 unspecified atom stereocenters. The van der Waals surface area contributed by atoms with Gasteiger partial charge in [-0.2, -0.15) is 0 Å². The molecule has 4 nitrogen and oxygen atoms in total. The Labute approximate surface area is 84.6 Å². The SMILES string of the molecule is CCOC(=O)N1C2CCNCC1CC2. The molecule has 1 amide bonds. The van der Waals surface area contributed by atoms with E-state index in [0.717, 1.165) is 32.4 Å². The molecule has 2 rings (SSSR count). The van der Waals surface area contributed by atoms with E-state index in [2.05, 4.69) is 5.32 Å². The summed E-state index contributed by atoms with van der Waals surface area (Å²) >= 11 is 0. The molecule has 0 aliphatic carbocycles. The van der Waals surface area contributed by atoms with Gasteiger partial charge in [0.15, 0.2) is 0 Å². The highest BCUT2D eigenvalue weighted by Crippen LogP contribution is 2.28. The van der Waals surface area contributed by atoms with Crippen molar-refractivity contribution >= 4 is 6.09 Å². The third kappa shape index (κ3) is 1.71. The second kappa shape index (κ2) is 4.17. The summed E-state index contributed by atoms with van der Waals surface area (Å²) < 4.78 is 5.08. The molecule has 2 aliphatic heterocycles. The summed E-state index contributed by atoms with van der Waals surface area (Å²) in [5, 5.41) is 3.36. The lowest BCUT2D eigenvalue weighted by Gasteiger charge is -2.26. The lowest BCUT2D eigenvalue weighted by Crippen LogP contribution is -2.42. The molecule has 1 N–H and O–H groups in total. The van der Waals surface area contributed by atoms with Crippen LogP contribution in [0.15, 0.2) is 0 Å². The number of hydrogen-bond donors (Lipinski definition) is 1. The van der Waals surface area contributed by atoms with E-state index >= 15 is 0 Å². The fourth-order valence-corrected chi connectivity index (χ4v) is 2.48. The third-order valence-corrected chi connectivity index (χ3v) is 3.13. The van der Waals surface area contributed by atoms with Crippen LogP contribution in [0.5, 0.6) is 0 Å². The van der Waals surface area contributed by atoms with Crippen LogP contribution in [0, 0.1) is 0 Å². The normalized spacial score (nSPS) is 31.4. The number of nitrogens with one attached hydrogen (secondary N) is 1. The van der Waals surface area contributed by atoms with Gasteiger partial charge in [0.2, 0.25) is 0 Å². The van der Waals surface area contributed by atoms with Crippen molar-refractivity contribution in [2.45, 2.75) is 38.3 Å². The van der Waals surface area contributed by atoms with Crippen molar-refractivity contribution in [3.63, 3.8) is 0 Å². The maximum atomic E-state index is 11.7. The van der Waals surface area contributed by atoms with Gasteiger partial charge in [-0.25, -0.2) is 4.79 Å². The van der Waals surface area contributed by atoms with Crippen molar-refractivity contribution in [3.8, 4) is 0 Å². The van der Waals surface area contributed by atoms with E-state index in [1.807, 2.05) is 11.8 Å². The van der Waals surface area contributed by atoms with Crippen molar-refractivity contribution in [3.05, 3.63) is 0 Å². The van der Waals surface area contributed by atoms with E-state index < -0.39 is 0 Å². The number of ether oxygens (including phenoxy) is 1. The van der Waals surface area contributed by atoms with Crippen LogP contribution in [-0.2, 0) is 4.74 Å². The van der Waals surface area contributed by atoms with E-state index in [1.54, 1.807) is 0 Å². The molecule has 2 heterocycles. The lowest BCUT2D eigenvalue weighted by molar-refractivity contribution is 0.0908. The molecule has 0 aromatic carbocycles. The fourth-order valence-electron chi connectivity index (χ4n) is 2.48. The predicted octanol–water partition coefficient (Wildman–Crippen LogP) is 0.969. The van der Waals surface area contributed by atoms with Crippen molar-refractivity contribution in [2.24, 2.45) is 0 Å². The molecule has 2 atom stereocenters. The van der Waals surface area contributed by atoms with Gasteiger partial charge in [0.25, 0.3) is 0 Å². The number of amides is 1. The van der Waals surface area contributed by atoms with Crippen LogP contribution in [0.3, 0.4) is 0 Å². The van der Waals surface area contributed by atoms with Crippen molar-refractivity contribution in [1.29, 1.82) is 0 Å². The minimum absolute atomic E-state index is 0.122. The predicted molar refractivity (Wildman–Crippen MR) is 53.2 cm³/mol. The van der Waals surface area contributed by atoms with E-state index in [0.29, 0.717) is 18.7 Å². The summed E-state index contributed by atoms with van der Waals surface area (Å²) in [4.78, 5) is 13.6. The summed E-state index contributed by atoms with van der Waals surface area (Å²) in [5.41, 5.74) is 0. The number of rotatable bonds is 1. The maximum absolute atomic E-state index is 11.7. The molecule has 2 saturated heterocycles. The first-order chi connectivity index (χ1) is 6.83. The highest BCUT2D eigenvalue weighted by molar-refractivity contribution is 5.69. The summed E-state index contributed by atoms with van der Waals surface area (Å²) in [6, 6.07) is 0.774. The Morgan fingerprint density at radius 3 is 3.00 bits per heavy atom. The molecular formula is C10H18N2O2. The number of fused-ring (bicyclic) bond motifs is 2. The van der Waals surface area contributed by atoms with Crippen LogP contribution in [0.4, 0.5) is 4.79 Å². The van der Waals surface area contributed by atoms with Gasteiger partial charge in [0.1, 0.15) is 0 Å². The zero-order chi connectivity index (χ0) is 9.97. The second-order valence-electron chi connectivity index (χ2n) is 3.98. The van der Waals surface area contributed by atoms with Gasteiger partial charge in [-0.1, -0.05) is 0 Å². The van der Waals surface area contributed by atoms with Crippen molar-refractivity contribution in [1.82, 2.24) is 10.2 Å². The molecule has 2 fully saturated rings. The molecular weight excluding hydrogens is 180 g/mol. The van der Waals surface area contributed by atoms with Crippen LogP contribution < -0.4 is 5.32 Å². The van der Waals surface area contributed by atoms with Gasteiger partial charge in [-0.05, 0) is 32.7 Å². The lowest BCUT2D eigenvalue weighted by atomic mass is 10.1. The first-order valence-electron chi connectivity index (χ1n) is 5.48. The number of carbonyl (C=O) groups excluding carboxylic acids is 1. The van der Waals surface area contributed by atoms with Gasteiger partial charge in [-0.3, -0.25) is 0 Å². The van der Waals surface area contributed by atoms with Crippen LogP contribution in [0.2, 0.25) is 0 Å². The molecule has 2 bridgehead atoms. The summed E-state index contributed by atoms with van der Waals surface area (Å²) in [7, 11) is 0. The molecule has 4 heteroatoms. The Bertz CT molecular complexity index is 206. The number of hydrogen-bond acceptors (Lipinski definition) is 3. The van der Waals surface area contributed by atoms with E-state index in [4.69, 9.17) is 4.74 Å². The van der Waals surface area contributed by atoms with Crippen LogP contribution >= 0.6 is 0 Å². The van der Waals surface area contributed by atoms with Crippen molar-refractivity contribution in [2.75, 3.05) is 19.7 Å². The Kier molecular flexibility index (Phi) is 2.91. The molecule has 0 aromatic heterocycles. The van der Waals surface area contributed by atoms with Crippen LogP contribution in [-0.4, -0.2) is 42.8 Å². The Morgan fingerprint density at radius 2 is 2.21 bits per heavy atom. The Hall–Kier alpha value is -0.770. The summed E-state index contributed by atoms with van der Waals surface area (Å²) in [6.45, 7) is 4.28. The molecule has 0 aromatic rings. The largest absolute Gasteiger partial charge is 0.450 e. The summed E-state index contributed by atoms with van der Waals surface area (Å²) in [5.74, 6) is 0. The van der Waals surface area contributed by atoms with Gasteiger partial charge in [-0.15, -0.1) is 0 Å². The monoisotopic (exact) mass is 198 g/mol. The third-order valence-electron chi connectivity index (χ3n) is 3.13. The minimum Gasteiger partial charge on any atom is -0.450 e. The molecule has 14 heavy (non-hydrogen) atoms. The summed E-state index contributed by atoms with van der Waals surface area (Å²) in [6.07, 6.45) is 3.21. The maximum Gasteiger partial charge on any atom is 0.410 e. The second-order valence-corrected chi connectivity index (χ2v) is 3.98. The van der Waals surface area contributed by atoms with Crippen LogP contribution in [0.1, 0.15) is 26.2 Å². The van der Waals surface area contributed by atoms with Gasteiger partial charge < -0.3 is 15.0 Å². The van der Waals surface area contributed by atoms with Crippen LogP contribution in [0.25, 0.3) is 0 Å². The highest BCUT2D eigenvalue weighted by atomic mass is 16.6. The number of nitrogens with zero attached hydrogens (tertiary/aromatic N) is 1. The molecule has 0 radical (unpaired) electrons. The smallest absolute Gasteiger partial charge is 0.410 e. The first kappa shape index (κ1) is 9.77. The topological polar surface area (TPSA) is 41.6 Å². The van der Waals surface area contributed by atoms with E-state index in [-0.39, 0.29) is 6.09 Å². The molecule has 80 valence electrons. The quantitative estimate of drug-likeness (QED) is 0.682.